The van der Waals surface area contributed by atoms with E-state index < -0.39 is 35.8 Å². The number of nitrogens with zero attached hydrogens (tertiary/aromatic N) is 1. The summed E-state index contributed by atoms with van der Waals surface area (Å²) in [6.07, 6.45) is 0.406. The summed E-state index contributed by atoms with van der Waals surface area (Å²) < 4.78 is 13.3. The molecule has 10 heteroatoms. The quantitative estimate of drug-likeness (QED) is 0.330. The van der Waals surface area contributed by atoms with Crippen LogP contribution in [-0.4, -0.2) is 65.5 Å². The molecule has 0 spiro atoms. The first-order chi connectivity index (χ1) is 17.9. The van der Waals surface area contributed by atoms with Gasteiger partial charge in [-0.1, -0.05) is 42.5 Å². The number of benzene rings is 3. The Balaban J connectivity index is 0.00000400. The van der Waals surface area contributed by atoms with Gasteiger partial charge >= 0.3 is 0 Å². The van der Waals surface area contributed by atoms with Gasteiger partial charge < -0.3 is 26.4 Å². The van der Waals surface area contributed by atoms with Crippen LogP contribution in [0, 0.1) is 5.82 Å². The zero-order valence-electron chi connectivity index (χ0n) is 20.8. The van der Waals surface area contributed by atoms with E-state index >= 15 is 0 Å². The Labute approximate surface area is 226 Å². The maximum atomic E-state index is 13.3. The summed E-state index contributed by atoms with van der Waals surface area (Å²) in [4.78, 5) is 40.9. The van der Waals surface area contributed by atoms with Gasteiger partial charge in [0.15, 0.2) is 0 Å². The van der Waals surface area contributed by atoms with Crippen LogP contribution in [0.2, 0.25) is 0 Å². The molecule has 0 saturated carbocycles. The average Bonchev–Trinajstić information content (AvgIpc) is 3.41. The largest absolute Gasteiger partial charge is 0.390 e. The van der Waals surface area contributed by atoms with Gasteiger partial charge in [0.05, 0.1) is 6.10 Å². The van der Waals surface area contributed by atoms with Crippen LogP contribution >= 0.6 is 12.4 Å². The molecule has 8 nitrogen and oxygen atoms in total. The van der Waals surface area contributed by atoms with Gasteiger partial charge in [0.25, 0.3) is 5.91 Å². The first-order valence-corrected chi connectivity index (χ1v) is 12.4. The number of fused-ring (bicyclic) bond motifs is 1. The highest BCUT2D eigenvalue weighted by atomic mass is 35.5. The first kappa shape index (κ1) is 29.0. The van der Waals surface area contributed by atoms with Gasteiger partial charge in [0, 0.05) is 31.6 Å². The normalized spacial score (nSPS) is 16.4. The lowest BCUT2D eigenvalue weighted by atomic mass is 10.0. The molecule has 0 radical (unpaired) electrons. The third-order valence-electron chi connectivity index (χ3n) is 6.58. The lowest BCUT2D eigenvalue weighted by Crippen LogP contribution is -2.54. The number of aliphatic hydroxyl groups excluding tert-OH is 1. The smallest absolute Gasteiger partial charge is 0.254 e. The van der Waals surface area contributed by atoms with E-state index in [0.717, 1.165) is 16.3 Å². The summed E-state index contributed by atoms with van der Waals surface area (Å²) in [6.45, 7) is 0.334. The highest BCUT2D eigenvalue weighted by molar-refractivity contribution is 5.99. The van der Waals surface area contributed by atoms with Crippen LogP contribution in [0.25, 0.3) is 10.8 Å². The molecule has 1 saturated heterocycles. The number of nitrogens with one attached hydrogen (secondary N) is 2. The Morgan fingerprint density at radius 1 is 1.05 bits per heavy atom. The number of rotatable bonds is 9. The van der Waals surface area contributed by atoms with E-state index in [2.05, 4.69) is 10.6 Å². The van der Waals surface area contributed by atoms with E-state index in [9.17, 15) is 23.9 Å². The van der Waals surface area contributed by atoms with Crippen LogP contribution in [0.4, 0.5) is 4.39 Å². The van der Waals surface area contributed by atoms with Crippen molar-refractivity contribution >= 4 is 40.9 Å². The fourth-order valence-corrected chi connectivity index (χ4v) is 4.54. The lowest BCUT2D eigenvalue weighted by Gasteiger charge is -2.27. The third kappa shape index (κ3) is 7.06. The molecule has 0 aromatic heterocycles. The lowest BCUT2D eigenvalue weighted by molar-refractivity contribution is -0.131. The SMILES string of the molecule is Cl.NCC(O)CNC(=O)[C@@H](Cc1ccc2ccccc2c1)NC(=O)[C@@H]1CCCN1C(=O)c1ccc(F)cc1. The molecule has 3 aromatic carbocycles. The van der Waals surface area contributed by atoms with Crippen molar-refractivity contribution in [1.29, 1.82) is 0 Å². The van der Waals surface area contributed by atoms with Crippen molar-refractivity contribution in [1.82, 2.24) is 15.5 Å². The summed E-state index contributed by atoms with van der Waals surface area (Å²) in [5.41, 5.74) is 6.59. The highest BCUT2D eigenvalue weighted by Gasteiger charge is 2.36. The second kappa shape index (κ2) is 13.3. The fraction of sp³-hybridized carbons (Fsp3) is 0.321. The number of carbonyl (C=O) groups excluding carboxylic acids is 3. The van der Waals surface area contributed by atoms with Crippen LogP contribution < -0.4 is 16.4 Å². The number of halogens is 2. The molecule has 1 aliphatic heterocycles. The number of amides is 3. The molecule has 0 bridgehead atoms. The van der Waals surface area contributed by atoms with Crippen LogP contribution in [0.3, 0.4) is 0 Å². The fourth-order valence-electron chi connectivity index (χ4n) is 4.54. The molecule has 5 N–H and O–H groups in total. The molecule has 3 aromatic rings. The second-order valence-electron chi connectivity index (χ2n) is 9.24. The van der Waals surface area contributed by atoms with Crippen LogP contribution in [0.5, 0.6) is 0 Å². The second-order valence-corrected chi connectivity index (χ2v) is 9.24. The standard InChI is InChI=1S/C28H31FN4O4.ClH/c29-22-11-9-20(10-12-22)28(37)33-13-3-6-25(33)27(36)32-24(26(35)31-17-23(34)16-30)15-18-7-8-19-4-1-2-5-21(19)14-18;/h1-2,4-5,7-12,14,23-25,34H,3,6,13,15-17,30H2,(H,31,35)(H,32,36);1H/t23?,24-,25+;/m1./s1. The topological polar surface area (TPSA) is 125 Å². The van der Waals surface area contributed by atoms with Crippen molar-refractivity contribution in [2.24, 2.45) is 5.73 Å². The van der Waals surface area contributed by atoms with Crippen LogP contribution in [0.15, 0.2) is 66.7 Å². The van der Waals surface area contributed by atoms with Crippen molar-refractivity contribution in [3.05, 3.63) is 83.7 Å². The van der Waals surface area contributed by atoms with Crippen LogP contribution in [-0.2, 0) is 16.0 Å². The van der Waals surface area contributed by atoms with Crippen molar-refractivity contribution < 1.29 is 23.9 Å². The molecular weight excluding hydrogens is 511 g/mol. The number of likely N-dealkylation sites (tertiary alicyclic amines) is 1. The highest BCUT2D eigenvalue weighted by Crippen LogP contribution is 2.22. The van der Waals surface area contributed by atoms with E-state index in [1.54, 1.807) is 0 Å². The minimum Gasteiger partial charge on any atom is -0.390 e. The van der Waals surface area contributed by atoms with E-state index in [1.807, 2.05) is 42.5 Å². The van der Waals surface area contributed by atoms with Gasteiger partial charge in [-0.2, -0.15) is 0 Å². The zero-order chi connectivity index (χ0) is 26.4. The van der Waals surface area contributed by atoms with Crippen molar-refractivity contribution in [3.63, 3.8) is 0 Å². The monoisotopic (exact) mass is 542 g/mol. The molecule has 1 fully saturated rings. The molecule has 1 unspecified atom stereocenters. The Kier molecular flexibility index (Phi) is 10.2. The molecule has 1 aliphatic rings. The van der Waals surface area contributed by atoms with E-state index in [-0.39, 0.29) is 37.8 Å². The van der Waals surface area contributed by atoms with Crippen LogP contribution in [0.1, 0.15) is 28.8 Å². The first-order valence-electron chi connectivity index (χ1n) is 12.4. The minimum atomic E-state index is -0.929. The number of hydrogen-bond donors (Lipinski definition) is 4. The molecule has 0 aliphatic carbocycles. The molecular formula is C28H32ClFN4O4. The van der Waals surface area contributed by atoms with Gasteiger partial charge in [-0.15, -0.1) is 12.4 Å². The molecule has 1 heterocycles. The van der Waals surface area contributed by atoms with Crippen molar-refractivity contribution in [3.8, 4) is 0 Å². The average molecular weight is 543 g/mol. The minimum absolute atomic E-state index is 0. The van der Waals surface area contributed by atoms with Gasteiger partial charge in [-0.05, 0) is 53.4 Å². The van der Waals surface area contributed by atoms with Crippen molar-refractivity contribution in [2.75, 3.05) is 19.6 Å². The van der Waals surface area contributed by atoms with E-state index in [0.29, 0.717) is 24.9 Å². The molecule has 3 amide bonds. The summed E-state index contributed by atoms with van der Waals surface area (Å²) in [7, 11) is 0. The zero-order valence-corrected chi connectivity index (χ0v) is 21.6. The predicted octanol–water partition coefficient (Wildman–Crippen LogP) is 2.17. The summed E-state index contributed by atoms with van der Waals surface area (Å²) in [5.74, 6) is -1.70. The van der Waals surface area contributed by atoms with Gasteiger partial charge in [0.2, 0.25) is 11.8 Å². The summed E-state index contributed by atoms with van der Waals surface area (Å²) in [6, 6.07) is 17.2. The van der Waals surface area contributed by atoms with Gasteiger partial charge in [0.1, 0.15) is 17.9 Å². The van der Waals surface area contributed by atoms with E-state index in [1.165, 1.54) is 29.2 Å². The number of aliphatic hydroxyl groups is 1. The maximum absolute atomic E-state index is 13.3. The Bertz CT molecular complexity index is 1270. The maximum Gasteiger partial charge on any atom is 0.254 e. The number of hydrogen-bond acceptors (Lipinski definition) is 5. The molecule has 38 heavy (non-hydrogen) atoms. The number of carbonyl (C=O) groups is 3. The van der Waals surface area contributed by atoms with E-state index in [4.69, 9.17) is 5.73 Å². The van der Waals surface area contributed by atoms with Gasteiger partial charge in [-0.3, -0.25) is 14.4 Å². The Morgan fingerprint density at radius 2 is 1.76 bits per heavy atom. The molecule has 4 rings (SSSR count). The Morgan fingerprint density at radius 3 is 2.47 bits per heavy atom. The summed E-state index contributed by atoms with van der Waals surface area (Å²) >= 11 is 0. The van der Waals surface area contributed by atoms with Gasteiger partial charge in [-0.25, -0.2) is 4.39 Å². The predicted molar refractivity (Wildman–Crippen MR) is 145 cm³/mol. The Hall–Kier alpha value is -3.53. The molecule has 3 atom stereocenters. The third-order valence-corrected chi connectivity index (χ3v) is 6.58. The van der Waals surface area contributed by atoms with Crippen molar-refractivity contribution in [2.45, 2.75) is 37.5 Å². The molecule has 202 valence electrons. The number of nitrogens with two attached hydrogens (primary N) is 1. The summed E-state index contributed by atoms with van der Waals surface area (Å²) in [5, 5.41) is 17.3.